The van der Waals surface area contributed by atoms with E-state index in [2.05, 4.69) is 20.8 Å². The summed E-state index contributed by atoms with van der Waals surface area (Å²) < 4.78 is 84.2. The van der Waals surface area contributed by atoms with Crippen molar-refractivity contribution < 1.29 is 49.9 Å². The summed E-state index contributed by atoms with van der Waals surface area (Å²) in [6.45, 7) is 15.9. The topological polar surface area (TPSA) is 244 Å². The first-order valence-electron chi connectivity index (χ1n) is 19.2. The van der Waals surface area contributed by atoms with Crippen LogP contribution in [-0.4, -0.2) is 83.4 Å². The van der Waals surface area contributed by atoms with Gasteiger partial charge in [-0.3, -0.25) is 14.2 Å². The summed E-state index contributed by atoms with van der Waals surface area (Å²) in [5.74, 6) is -3.04. The number of hydrogen-bond acceptors (Lipinski definition) is 10. The number of urea groups is 2. The van der Waals surface area contributed by atoms with E-state index in [4.69, 9.17) is 5.11 Å². The standard InChI is InChI=1S/C21H28FN5O4S.C18H23FN4O5S/c1-12(2)15-9-14(22)10-16(13(3)4)19(15)23-21(29)25-32(30,31)18-11-17(26(5)24-18)20(28)27-7-6-8-27;1-9(2)12-6-11(19)7-13(10(3)4)16(12)20-18(26)22-29(27,28)15-8-14(17(24)25)23(5)21-15/h9-13H,6-8H2,1-5H3,(H2,23,25,29);6-10H,1-5H3,(H,24,25)(H2,20,22,26). The molecule has 5 amide bonds. The summed E-state index contributed by atoms with van der Waals surface area (Å²) in [5, 5.41) is 20.6. The zero-order chi connectivity index (χ0) is 45.9. The zero-order valence-electron chi connectivity index (χ0n) is 35.4. The molecule has 0 unspecified atom stereocenters. The smallest absolute Gasteiger partial charge is 0.354 e. The molecule has 5 N–H and O–H groups in total. The van der Waals surface area contributed by atoms with E-state index in [0.717, 1.165) is 23.2 Å². The second-order valence-corrected chi connectivity index (χ2v) is 18.8. The maximum absolute atomic E-state index is 14.1. The summed E-state index contributed by atoms with van der Waals surface area (Å²) in [4.78, 5) is 50.1. The van der Waals surface area contributed by atoms with Gasteiger partial charge in [0.2, 0.25) is 0 Å². The number of anilines is 2. The molecule has 2 aromatic heterocycles. The number of carboxylic acid groups (broad SMARTS) is 1. The molecule has 3 heterocycles. The number of aryl methyl sites for hydroxylation is 2. The van der Waals surface area contributed by atoms with E-state index < -0.39 is 59.8 Å². The van der Waals surface area contributed by atoms with Crippen molar-refractivity contribution in [3.05, 3.63) is 81.7 Å². The number of hydrogen-bond donors (Lipinski definition) is 5. The molecular formula is C39H51F2N9O9S2. The van der Waals surface area contributed by atoms with Crippen LogP contribution in [0.25, 0.3) is 0 Å². The number of carbonyl (C=O) groups is 4. The highest BCUT2D eigenvalue weighted by Crippen LogP contribution is 2.35. The van der Waals surface area contributed by atoms with Crippen molar-refractivity contribution in [2.24, 2.45) is 14.1 Å². The van der Waals surface area contributed by atoms with Crippen LogP contribution in [0, 0.1) is 11.6 Å². The molecule has 0 bridgehead atoms. The lowest BCUT2D eigenvalue weighted by Crippen LogP contribution is -2.42. The van der Waals surface area contributed by atoms with Gasteiger partial charge in [-0.2, -0.15) is 27.0 Å². The van der Waals surface area contributed by atoms with Gasteiger partial charge in [0, 0.05) is 50.7 Å². The second-order valence-electron chi connectivity index (χ2n) is 15.6. The monoisotopic (exact) mass is 891 g/mol. The Morgan fingerprint density at radius 1 is 0.607 bits per heavy atom. The highest BCUT2D eigenvalue weighted by atomic mass is 32.2. The maximum Gasteiger partial charge on any atom is 0.354 e. The number of rotatable bonds is 12. The van der Waals surface area contributed by atoms with Crippen molar-refractivity contribution in [3.63, 3.8) is 0 Å². The van der Waals surface area contributed by atoms with Crippen LogP contribution in [0.15, 0.2) is 46.5 Å². The van der Waals surface area contributed by atoms with Gasteiger partial charge in [-0.05, 0) is 76.6 Å². The van der Waals surface area contributed by atoms with Crippen molar-refractivity contribution in [1.82, 2.24) is 33.9 Å². The average molecular weight is 892 g/mol. The predicted molar refractivity (Wildman–Crippen MR) is 222 cm³/mol. The van der Waals surface area contributed by atoms with Gasteiger partial charge in [-0.15, -0.1) is 0 Å². The normalized spacial score (nSPS) is 12.9. The number of likely N-dealkylation sites (tertiary alicyclic amines) is 1. The molecule has 0 spiro atoms. The van der Waals surface area contributed by atoms with Crippen LogP contribution >= 0.6 is 0 Å². The molecule has 22 heteroatoms. The fourth-order valence-electron chi connectivity index (χ4n) is 6.26. The van der Waals surface area contributed by atoms with Gasteiger partial charge in [0.05, 0.1) is 0 Å². The molecule has 61 heavy (non-hydrogen) atoms. The molecule has 0 saturated carbocycles. The van der Waals surface area contributed by atoms with Gasteiger partial charge in [-0.1, -0.05) is 55.4 Å². The Kier molecular flexibility index (Phi) is 14.7. The summed E-state index contributed by atoms with van der Waals surface area (Å²) >= 11 is 0. The fourth-order valence-corrected chi connectivity index (χ4v) is 8.06. The van der Waals surface area contributed by atoms with E-state index in [1.54, 1.807) is 4.90 Å². The maximum atomic E-state index is 14.1. The molecule has 332 valence electrons. The number of halogens is 2. The van der Waals surface area contributed by atoms with Crippen LogP contribution in [0.2, 0.25) is 0 Å². The first-order valence-corrected chi connectivity index (χ1v) is 22.2. The number of benzene rings is 2. The first kappa shape index (κ1) is 47.8. The molecule has 4 aromatic rings. The molecule has 5 rings (SSSR count). The fraction of sp³-hybridized carbons (Fsp3) is 0.436. The Hall–Kier alpha value is -5.90. The van der Waals surface area contributed by atoms with Crippen molar-refractivity contribution in [2.45, 2.75) is 95.5 Å². The van der Waals surface area contributed by atoms with Crippen LogP contribution in [0.3, 0.4) is 0 Å². The number of amides is 5. The summed E-state index contributed by atoms with van der Waals surface area (Å²) in [6.07, 6.45) is 0.899. The molecule has 2 aromatic carbocycles. The Bertz CT molecular complexity index is 2510. The van der Waals surface area contributed by atoms with Gasteiger partial charge >= 0.3 is 18.0 Å². The lowest BCUT2D eigenvalue weighted by molar-refractivity contribution is 0.0638. The molecule has 1 fully saturated rings. The van der Waals surface area contributed by atoms with Gasteiger partial charge < -0.3 is 20.6 Å². The molecular weight excluding hydrogens is 841 g/mol. The number of carbonyl (C=O) groups excluding carboxylic acids is 3. The summed E-state index contributed by atoms with van der Waals surface area (Å²) in [6, 6.07) is 5.16. The summed E-state index contributed by atoms with van der Waals surface area (Å²) in [7, 11) is -6.03. The highest BCUT2D eigenvalue weighted by Gasteiger charge is 2.30. The number of carboxylic acids is 1. The minimum atomic E-state index is -4.42. The number of nitrogens with zero attached hydrogens (tertiary/aromatic N) is 5. The minimum absolute atomic E-state index is 0.110. The molecule has 18 nitrogen and oxygen atoms in total. The minimum Gasteiger partial charge on any atom is -0.477 e. The average Bonchev–Trinajstić information content (AvgIpc) is 3.71. The van der Waals surface area contributed by atoms with E-state index in [0.29, 0.717) is 46.7 Å². The van der Waals surface area contributed by atoms with Crippen LogP contribution in [0.5, 0.6) is 0 Å². The van der Waals surface area contributed by atoms with Crippen LogP contribution in [0.4, 0.5) is 29.7 Å². The molecule has 0 aliphatic carbocycles. The lowest BCUT2D eigenvalue weighted by Gasteiger charge is -2.30. The Morgan fingerprint density at radius 2 is 0.934 bits per heavy atom. The van der Waals surface area contributed by atoms with Crippen molar-refractivity contribution in [1.29, 1.82) is 0 Å². The lowest BCUT2D eigenvalue weighted by atomic mass is 9.92. The Labute approximate surface area is 353 Å². The number of sulfonamides is 2. The highest BCUT2D eigenvalue weighted by molar-refractivity contribution is 7.90. The quantitative estimate of drug-likeness (QED) is 0.108. The molecule has 1 saturated heterocycles. The number of aromatic carboxylic acids is 1. The third-order valence-electron chi connectivity index (χ3n) is 9.59. The molecule has 1 aliphatic heterocycles. The van der Waals surface area contributed by atoms with Gasteiger partial charge in [-0.25, -0.2) is 32.6 Å². The van der Waals surface area contributed by atoms with Crippen LogP contribution in [0.1, 0.15) is 129 Å². The van der Waals surface area contributed by atoms with Gasteiger partial charge in [0.1, 0.15) is 23.0 Å². The second kappa shape index (κ2) is 18.8. The van der Waals surface area contributed by atoms with Crippen LogP contribution in [-0.2, 0) is 34.1 Å². The molecule has 1 aliphatic rings. The van der Waals surface area contributed by atoms with Crippen molar-refractivity contribution in [2.75, 3.05) is 23.7 Å². The first-order chi connectivity index (χ1) is 28.2. The van der Waals surface area contributed by atoms with E-state index in [-0.39, 0.29) is 41.0 Å². The van der Waals surface area contributed by atoms with E-state index in [9.17, 15) is 44.8 Å². The largest absolute Gasteiger partial charge is 0.477 e. The zero-order valence-corrected chi connectivity index (χ0v) is 37.0. The number of nitrogens with one attached hydrogen (secondary N) is 4. The third-order valence-corrected chi connectivity index (χ3v) is 12.0. The van der Waals surface area contributed by atoms with Crippen LogP contribution < -0.4 is 20.1 Å². The Morgan fingerprint density at radius 3 is 1.21 bits per heavy atom. The number of aromatic nitrogens is 4. The van der Waals surface area contributed by atoms with E-state index in [1.807, 2.05) is 64.8 Å². The van der Waals surface area contributed by atoms with Crippen molar-refractivity contribution >= 4 is 55.4 Å². The van der Waals surface area contributed by atoms with Gasteiger partial charge in [0.15, 0.2) is 10.1 Å². The van der Waals surface area contributed by atoms with Crippen molar-refractivity contribution in [3.8, 4) is 0 Å². The third kappa shape index (κ3) is 11.3. The molecule has 0 atom stereocenters. The predicted octanol–water partition coefficient (Wildman–Crippen LogP) is 6.18. The van der Waals surface area contributed by atoms with Gasteiger partial charge in [0.25, 0.3) is 26.0 Å². The SMILES string of the molecule is CC(C)c1cc(F)cc(C(C)C)c1NC(=O)NS(=O)(=O)c1cc(C(=O)N2CCC2)n(C)n1.CC(C)c1cc(F)cc(C(C)C)c1NC(=O)NS(=O)(=O)c1cc(C(=O)O)n(C)n1. The van der Waals surface area contributed by atoms with E-state index >= 15 is 0 Å². The summed E-state index contributed by atoms with van der Waals surface area (Å²) in [5.41, 5.74) is 2.62. The van der Waals surface area contributed by atoms with E-state index in [1.165, 1.54) is 43.0 Å². The Balaban J connectivity index is 0.000000270. The molecule has 0 radical (unpaired) electrons.